The van der Waals surface area contributed by atoms with Crippen LogP contribution in [0.3, 0.4) is 0 Å². The molecule has 4 aliphatic rings. The smallest absolute Gasteiger partial charge is 0.269 e. The Kier molecular flexibility index (Phi) is 10.9. The van der Waals surface area contributed by atoms with Gasteiger partial charge in [-0.15, -0.1) is 0 Å². The van der Waals surface area contributed by atoms with Gasteiger partial charge >= 0.3 is 0 Å². The Balaban J connectivity index is 1.24. The number of nitro groups is 1. The highest BCUT2D eigenvalue weighted by Gasteiger charge is 2.67. The number of ether oxygens (including phenoxy) is 2. The SMILES string of the molecule is COc1ccc([Si](C)(C)[C@H]2[C@H](CC(=O)N3CCC[C@H]3CO)O[C@@]3(C(=O)N(Cc4ccc(NC(=O)C5CCCNC5)cc4)c4ccc([N+](=O)[O-])cc43)[C@@H]2C)cc1. The standard InChI is InChI=1S/C41H51N5O8Si/c1-26-38(55(3,4)33-16-14-32(53-2)15-17-33)36(22-37(48)44-20-6-8-31(44)25-47)54-41(26)34-21-30(46(51)52)13-18-35(34)45(40(41)50)24-27-9-11-29(12-10-27)43-39(49)28-7-5-19-42-23-28/h9-18,21,26,28,31,36,38,42,47H,5-8,19-20,22-25H2,1-4H3,(H,43,49)/t26-,28?,31+,36+,38-,41+/m1/s1. The Morgan fingerprint density at radius 1 is 1.09 bits per heavy atom. The number of fused-ring (bicyclic) bond motifs is 2. The van der Waals surface area contributed by atoms with Crippen LogP contribution in [0.15, 0.2) is 66.7 Å². The molecule has 3 aromatic rings. The number of benzene rings is 3. The molecule has 14 heteroatoms. The number of piperidine rings is 1. The van der Waals surface area contributed by atoms with Gasteiger partial charge in [-0.1, -0.05) is 49.5 Å². The summed E-state index contributed by atoms with van der Waals surface area (Å²) in [5, 5.41) is 29.6. The van der Waals surface area contributed by atoms with Gasteiger partial charge in [0.25, 0.3) is 11.6 Å². The highest BCUT2D eigenvalue weighted by atomic mass is 28.3. The molecule has 3 N–H and O–H groups in total. The fourth-order valence-corrected chi connectivity index (χ4v) is 13.6. The molecule has 1 spiro atoms. The molecule has 55 heavy (non-hydrogen) atoms. The number of amides is 3. The first-order chi connectivity index (χ1) is 26.4. The molecular weight excluding hydrogens is 719 g/mol. The van der Waals surface area contributed by atoms with Crippen LogP contribution in [-0.4, -0.2) is 86.2 Å². The molecule has 13 nitrogen and oxygen atoms in total. The van der Waals surface area contributed by atoms with Crippen molar-refractivity contribution in [1.82, 2.24) is 10.2 Å². The van der Waals surface area contributed by atoms with Gasteiger partial charge in [-0.3, -0.25) is 24.5 Å². The third kappa shape index (κ3) is 7.05. The molecular formula is C41H51N5O8Si. The van der Waals surface area contributed by atoms with Crippen molar-refractivity contribution >= 4 is 48.0 Å². The van der Waals surface area contributed by atoms with Crippen molar-refractivity contribution in [3.8, 4) is 5.75 Å². The summed E-state index contributed by atoms with van der Waals surface area (Å²) in [6.45, 7) is 8.59. The number of hydrogen-bond acceptors (Lipinski definition) is 9. The maximum atomic E-state index is 15.2. The first kappa shape index (κ1) is 38.6. The third-order valence-electron chi connectivity index (χ3n) is 12.5. The van der Waals surface area contributed by atoms with Crippen LogP contribution in [-0.2, 0) is 31.3 Å². The average molecular weight is 770 g/mol. The van der Waals surface area contributed by atoms with E-state index in [-0.39, 0.29) is 60.5 Å². The van der Waals surface area contributed by atoms with Gasteiger partial charge in [-0.05, 0) is 73.7 Å². The minimum absolute atomic E-state index is 0.0154. The lowest BCUT2D eigenvalue weighted by molar-refractivity contribution is -0.385. The van der Waals surface area contributed by atoms with Crippen molar-refractivity contribution in [2.24, 2.45) is 11.8 Å². The second kappa shape index (κ2) is 15.5. The zero-order valence-electron chi connectivity index (χ0n) is 32.0. The molecule has 3 saturated heterocycles. The quantitative estimate of drug-likeness (QED) is 0.143. The van der Waals surface area contributed by atoms with Crippen molar-refractivity contribution in [1.29, 1.82) is 0 Å². The van der Waals surface area contributed by atoms with E-state index in [1.54, 1.807) is 23.0 Å². The van der Waals surface area contributed by atoms with Gasteiger partial charge in [0, 0.05) is 42.4 Å². The summed E-state index contributed by atoms with van der Waals surface area (Å²) in [7, 11) is -0.977. The van der Waals surface area contributed by atoms with Gasteiger partial charge in [0.05, 0.1) is 63.4 Å². The number of nitrogens with zero attached hydrogens (tertiary/aromatic N) is 3. The highest BCUT2D eigenvalue weighted by Crippen LogP contribution is 2.60. The summed E-state index contributed by atoms with van der Waals surface area (Å²) in [4.78, 5) is 57.2. The van der Waals surface area contributed by atoms with Crippen molar-refractivity contribution in [2.75, 3.05) is 43.6 Å². The number of aliphatic hydroxyl groups is 1. The fraction of sp³-hybridized carbons (Fsp3) is 0.488. The van der Waals surface area contributed by atoms with E-state index in [9.17, 15) is 24.8 Å². The van der Waals surface area contributed by atoms with Crippen LogP contribution in [0.25, 0.3) is 0 Å². The van der Waals surface area contributed by atoms with E-state index in [4.69, 9.17) is 9.47 Å². The Bertz CT molecular complexity index is 1940. The maximum absolute atomic E-state index is 15.2. The van der Waals surface area contributed by atoms with Gasteiger partial charge in [0.15, 0.2) is 5.60 Å². The van der Waals surface area contributed by atoms with Crippen LogP contribution in [0, 0.1) is 22.0 Å². The first-order valence-corrected chi connectivity index (χ1v) is 22.4. The number of methoxy groups -OCH3 is 1. The number of carbonyl (C=O) groups is 3. The van der Waals surface area contributed by atoms with Gasteiger partial charge in [0.1, 0.15) is 5.75 Å². The molecule has 3 amide bonds. The molecule has 0 aromatic heterocycles. The topological polar surface area (TPSA) is 164 Å². The van der Waals surface area contributed by atoms with Crippen molar-refractivity contribution in [3.63, 3.8) is 0 Å². The molecule has 6 atom stereocenters. The number of nitrogens with one attached hydrogen (secondary N) is 2. The van der Waals surface area contributed by atoms with Crippen molar-refractivity contribution < 1.29 is 33.9 Å². The Labute approximate surface area is 322 Å². The van der Waals surface area contributed by atoms with Crippen LogP contribution >= 0.6 is 0 Å². The monoisotopic (exact) mass is 769 g/mol. The molecule has 0 radical (unpaired) electrons. The average Bonchev–Trinajstić information content (AvgIpc) is 3.86. The minimum atomic E-state index is -2.59. The Hall–Kier alpha value is -4.63. The van der Waals surface area contributed by atoms with E-state index in [1.165, 1.54) is 12.1 Å². The molecule has 292 valence electrons. The number of nitro benzene ring substituents is 1. The predicted molar refractivity (Wildman–Crippen MR) is 211 cm³/mol. The van der Waals surface area contributed by atoms with E-state index < -0.39 is 30.6 Å². The lowest BCUT2D eigenvalue weighted by atomic mass is 9.82. The number of rotatable bonds is 11. The van der Waals surface area contributed by atoms with E-state index >= 15 is 4.79 Å². The van der Waals surface area contributed by atoms with E-state index in [2.05, 4.69) is 23.7 Å². The number of carbonyl (C=O) groups excluding carboxylic acids is 3. The van der Waals surface area contributed by atoms with Crippen LogP contribution in [0.2, 0.25) is 18.6 Å². The molecule has 1 unspecified atom stereocenters. The zero-order valence-corrected chi connectivity index (χ0v) is 33.0. The van der Waals surface area contributed by atoms with Crippen molar-refractivity contribution in [2.45, 2.75) is 82.0 Å². The number of non-ortho nitro benzene ring substituents is 1. The number of likely N-dealkylation sites (tertiary alicyclic amines) is 1. The lowest BCUT2D eigenvalue weighted by Crippen LogP contribution is -2.52. The molecule has 0 saturated carbocycles. The summed E-state index contributed by atoms with van der Waals surface area (Å²) in [6, 6.07) is 19.6. The summed E-state index contributed by atoms with van der Waals surface area (Å²) in [5.74, 6) is -0.328. The minimum Gasteiger partial charge on any atom is -0.497 e. The predicted octanol–water partition coefficient (Wildman–Crippen LogP) is 4.68. The molecule has 3 aromatic carbocycles. The molecule has 4 heterocycles. The van der Waals surface area contributed by atoms with Gasteiger partial charge in [-0.2, -0.15) is 0 Å². The number of aliphatic hydroxyl groups excluding tert-OH is 1. The van der Waals surface area contributed by atoms with Gasteiger partial charge in [0.2, 0.25) is 11.8 Å². The van der Waals surface area contributed by atoms with Crippen LogP contribution in [0.1, 0.15) is 50.2 Å². The molecule has 0 bridgehead atoms. The van der Waals surface area contributed by atoms with Crippen molar-refractivity contribution in [3.05, 3.63) is 88.0 Å². The Morgan fingerprint density at radius 3 is 2.49 bits per heavy atom. The summed E-state index contributed by atoms with van der Waals surface area (Å²) < 4.78 is 12.5. The van der Waals surface area contributed by atoms with E-state index in [0.29, 0.717) is 30.0 Å². The fourth-order valence-electron chi connectivity index (χ4n) is 9.61. The third-order valence-corrected chi connectivity index (χ3v) is 16.9. The molecule has 7 rings (SSSR count). The first-order valence-electron chi connectivity index (χ1n) is 19.3. The molecule has 4 aliphatic heterocycles. The zero-order chi connectivity index (χ0) is 39.1. The van der Waals surface area contributed by atoms with Crippen LogP contribution < -0.4 is 25.5 Å². The highest BCUT2D eigenvalue weighted by molar-refractivity contribution is 6.91. The normalized spacial score (nSPS) is 26.3. The van der Waals surface area contributed by atoms with Gasteiger partial charge in [-0.25, -0.2) is 0 Å². The summed E-state index contributed by atoms with van der Waals surface area (Å²) >= 11 is 0. The van der Waals surface area contributed by atoms with Crippen LogP contribution in [0.4, 0.5) is 17.1 Å². The van der Waals surface area contributed by atoms with Gasteiger partial charge < -0.3 is 35.0 Å². The molecule has 0 aliphatic carbocycles. The maximum Gasteiger partial charge on any atom is 0.269 e. The second-order valence-corrected chi connectivity index (χ2v) is 20.7. The Morgan fingerprint density at radius 2 is 1.84 bits per heavy atom. The number of anilines is 2. The molecule has 3 fully saturated rings. The van der Waals surface area contributed by atoms with E-state index in [1.807, 2.05) is 55.5 Å². The summed E-state index contributed by atoms with van der Waals surface area (Å²) in [6.07, 6.45) is 2.65. The largest absolute Gasteiger partial charge is 0.497 e. The summed E-state index contributed by atoms with van der Waals surface area (Å²) in [5.41, 5.74) is 0.433. The van der Waals surface area contributed by atoms with Crippen LogP contribution in [0.5, 0.6) is 5.75 Å². The number of hydrogen-bond donors (Lipinski definition) is 3. The second-order valence-electron chi connectivity index (χ2n) is 16.0. The lowest BCUT2D eigenvalue weighted by Gasteiger charge is -2.37. The van der Waals surface area contributed by atoms with E-state index in [0.717, 1.165) is 48.7 Å².